The Hall–Kier alpha value is -3.62. The fourth-order valence-electron chi connectivity index (χ4n) is 3.25. The van der Waals surface area contributed by atoms with E-state index in [-0.39, 0.29) is 11.3 Å². The van der Waals surface area contributed by atoms with Gasteiger partial charge in [0.1, 0.15) is 23.0 Å². The highest BCUT2D eigenvalue weighted by Gasteiger charge is 2.22. The number of nitrogens with zero attached hydrogens (tertiary/aromatic N) is 3. The molecule has 1 heterocycles. The molecular weight excluding hydrogens is 394 g/mol. The predicted octanol–water partition coefficient (Wildman–Crippen LogP) is 4.23. The minimum absolute atomic E-state index is 0.00647. The number of hydrogen-bond donors (Lipinski definition) is 1. The lowest BCUT2D eigenvalue weighted by atomic mass is 10.1. The number of aryl methyl sites for hydroxylation is 1. The Morgan fingerprint density at radius 3 is 2.43 bits per heavy atom. The number of benzene rings is 2. The summed E-state index contributed by atoms with van der Waals surface area (Å²) in [6, 6.07) is 9.23. The number of aromatic nitrogens is 2. The van der Waals surface area contributed by atoms with Crippen LogP contribution in [0, 0.1) is 35.6 Å². The number of halogens is 2. The fraction of sp³-hybridized carbons (Fsp3) is 0.238. The van der Waals surface area contributed by atoms with Crippen molar-refractivity contribution in [1.82, 2.24) is 15.1 Å². The molecule has 0 aliphatic heterocycles. The Bertz CT molecular complexity index is 1110. The smallest absolute Gasteiger partial charge is 0.312 e. The van der Waals surface area contributed by atoms with E-state index in [1.165, 1.54) is 6.07 Å². The summed E-state index contributed by atoms with van der Waals surface area (Å²) in [4.78, 5) is 23.1. The van der Waals surface area contributed by atoms with Crippen molar-refractivity contribution in [3.8, 4) is 0 Å². The van der Waals surface area contributed by atoms with Gasteiger partial charge in [0.05, 0.1) is 17.5 Å². The van der Waals surface area contributed by atoms with Gasteiger partial charge in [-0.15, -0.1) is 0 Å². The molecule has 2 aromatic carbocycles. The lowest BCUT2D eigenvalue weighted by molar-refractivity contribution is -0.386. The molecule has 1 aromatic heterocycles. The zero-order chi connectivity index (χ0) is 22.0. The van der Waals surface area contributed by atoms with Crippen molar-refractivity contribution in [2.24, 2.45) is 0 Å². The lowest BCUT2D eigenvalue weighted by Gasteiger charge is -2.15. The van der Waals surface area contributed by atoms with Crippen LogP contribution < -0.4 is 5.32 Å². The zero-order valence-corrected chi connectivity index (χ0v) is 16.6. The van der Waals surface area contributed by atoms with E-state index in [0.29, 0.717) is 23.5 Å². The number of nitrogens with one attached hydrogen (secondary N) is 1. The van der Waals surface area contributed by atoms with Crippen molar-refractivity contribution in [3.63, 3.8) is 0 Å². The number of amides is 1. The third kappa shape index (κ3) is 4.35. The third-order valence-electron chi connectivity index (χ3n) is 4.85. The molecule has 0 saturated carbocycles. The fourth-order valence-corrected chi connectivity index (χ4v) is 3.25. The maximum absolute atomic E-state index is 13.9. The van der Waals surface area contributed by atoms with Gasteiger partial charge in [0.15, 0.2) is 0 Å². The van der Waals surface area contributed by atoms with E-state index in [9.17, 15) is 23.7 Å². The van der Waals surface area contributed by atoms with Gasteiger partial charge in [-0.3, -0.25) is 19.6 Å². The van der Waals surface area contributed by atoms with Crippen LogP contribution in [0.25, 0.3) is 0 Å². The Kier molecular flexibility index (Phi) is 5.91. The maximum Gasteiger partial charge on any atom is 0.312 e. The first-order valence-corrected chi connectivity index (χ1v) is 9.20. The predicted molar refractivity (Wildman–Crippen MR) is 106 cm³/mol. The molecule has 0 spiro atoms. The van der Waals surface area contributed by atoms with E-state index >= 15 is 0 Å². The second-order valence-corrected chi connectivity index (χ2v) is 6.99. The SMILES string of the molecule is Cc1nn(Cc2ccc(C(=O)N[C@H](C)c3ccc(F)cc3F)cc2)c(C)c1[N+](=O)[O-]. The van der Waals surface area contributed by atoms with Gasteiger partial charge >= 0.3 is 5.69 Å². The molecule has 0 aliphatic carbocycles. The number of nitro groups is 1. The number of rotatable bonds is 6. The van der Waals surface area contributed by atoms with Crippen LogP contribution in [0.15, 0.2) is 42.5 Å². The van der Waals surface area contributed by atoms with E-state index in [1.807, 2.05) is 0 Å². The highest BCUT2D eigenvalue weighted by Crippen LogP contribution is 2.23. The van der Waals surface area contributed by atoms with E-state index < -0.39 is 28.5 Å². The summed E-state index contributed by atoms with van der Waals surface area (Å²) in [5, 5.41) is 18.0. The van der Waals surface area contributed by atoms with E-state index in [1.54, 1.807) is 49.7 Å². The number of hydrogen-bond acceptors (Lipinski definition) is 4. The van der Waals surface area contributed by atoms with Gasteiger partial charge in [-0.2, -0.15) is 5.10 Å². The average Bonchev–Trinajstić information content (AvgIpc) is 2.95. The average molecular weight is 414 g/mol. The van der Waals surface area contributed by atoms with Crippen molar-refractivity contribution in [1.29, 1.82) is 0 Å². The van der Waals surface area contributed by atoms with Crippen molar-refractivity contribution < 1.29 is 18.5 Å². The van der Waals surface area contributed by atoms with Crippen molar-refractivity contribution in [2.75, 3.05) is 0 Å². The summed E-state index contributed by atoms with van der Waals surface area (Å²) in [6.07, 6.45) is 0. The van der Waals surface area contributed by atoms with Crippen LogP contribution in [0.5, 0.6) is 0 Å². The third-order valence-corrected chi connectivity index (χ3v) is 4.85. The summed E-state index contributed by atoms with van der Waals surface area (Å²) < 4.78 is 28.5. The summed E-state index contributed by atoms with van der Waals surface area (Å²) >= 11 is 0. The molecule has 9 heteroatoms. The van der Waals surface area contributed by atoms with Crippen LogP contribution in [0.2, 0.25) is 0 Å². The maximum atomic E-state index is 13.9. The van der Waals surface area contributed by atoms with Gasteiger partial charge in [-0.1, -0.05) is 18.2 Å². The molecule has 0 radical (unpaired) electrons. The van der Waals surface area contributed by atoms with Gasteiger partial charge in [0, 0.05) is 17.2 Å². The van der Waals surface area contributed by atoms with Gasteiger partial charge in [-0.25, -0.2) is 8.78 Å². The monoisotopic (exact) mass is 414 g/mol. The normalized spacial score (nSPS) is 11.9. The molecular formula is C21H20F2N4O3. The molecule has 156 valence electrons. The molecule has 0 saturated heterocycles. The van der Waals surface area contributed by atoms with E-state index in [4.69, 9.17) is 0 Å². The van der Waals surface area contributed by atoms with Crippen LogP contribution in [-0.2, 0) is 6.54 Å². The van der Waals surface area contributed by atoms with Crippen molar-refractivity contribution in [2.45, 2.75) is 33.4 Å². The minimum atomic E-state index is -0.725. The lowest BCUT2D eigenvalue weighted by Crippen LogP contribution is -2.27. The summed E-state index contributed by atoms with van der Waals surface area (Å²) in [5.74, 6) is -1.81. The molecule has 7 nitrogen and oxygen atoms in total. The molecule has 0 unspecified atom stereocenters. The van der Waals surface area contributed by atoms with Gasteiger partial charge < -0.3 is 5.32 Å². The van der Waals surface area contributed by atoms with Crippen LogP contribution in [-0.4, -0.2) is 20.6 Å². The Morgan fingerprint density at radius 2 is 1.87 bits per heavy atom. The molecule has 0 fully saturated rings. The van der Waals surface area contributed by atoms with Crippen LogP contribution >= 0.6 is 0 Å². The first kappa shape index (κ1) is 21.1. The summed E-state index contributed by atoms with van der Waals surface area (Å²) in [5.41, 5.74) is 2.16. The second kappa shape index (κ2) is 8.40. The quantitative estimate of drug-likeness (QED) is 0.483. The Morgan fingerprint density at radius 1 is 1.20 bits per heavy atom. The number of carbonyl (C=O) groups excluding carboxylic acids is 1. The molecule has 0 aliphatic rings. The highest BCUT2D eigenvalue weighted by molar-refractivity contribution is 5.94. The van der Waals surface area contributed by atoms with Crippen LogP contribution in [0.1, 0.15) is 45.8 Å². The molecule has 3 rings (SSSR count). The van der Waals surface area contributed by atoms with Crippen molar-refractivity contribution in [3.05, 3.63) is 92.3 Å². The number of carbonyl (C=O) groups is 1. The second-order valence-electron chi connectivity index (χ2n) is 6.99. The van der Waals surface area contributed by atoms with E-state index in [0.717, 1.165) is 17.7 Å². The van der Waals surface area contributed by atoms with E-state index in [2.05, 4.69) is 10.4 Å². The zero-order valence-electron chi connectivity index (χ0n) is 16.6. The van der Waals surface area contributed by atoms with Gasteiger partial charge in [0.25, 0.3) is 5.91 Å². The molecule has 1 amide bonds. The topological polar surface area (TPSA) is 90.1 Å². The first-order chi connectivity index (χ1) is 14.2. The highest BCUT2D eigenvalue weighted by atomic mass is 19.1. The Labute approximate surface area is 171 Å². The van der Waals surface area contributed by atoms with Gasteiger partial charge in [-0.05, 0) is 44.5 Å². The minimum Gasteiger partial charge on any atom is -0.345 e. The standard InChI is InChI=1S/C21H20F2N4O3/c1-12(18-9-8-17(22)10-19(18)23)24-21(28)16-6-4-15(5-7-16)11-26-14(3)20(27(29)30)13(2)25-26/h4-10,12H,11H2,1-3H3,(H,24,28)/t12-/m1/s1. The first-order valence-electron chi connectivity index (χ1n) is 9.20. The molecule has 0 bridgehead atoms. The summed E-state index contributed by atoms with van der Waals surface area (Å²) in [7, 11) is 0. The molecule has 3 aromatic rings. The van der Waals surface area contributed by atoms with Crippen molar-refractivity contribution >= 4 is 11.6 Å². The molecule has 1 N–H and O–H groups in total. The largest absolute Gasteiger partial charge is 0.345 e. The van der Waals surface area contributed by atoms with Crippen LogP contribution in [0.4, 0.5) is 14.5 Å². The summed E-state index contributed by atoms with van der Waals surface area (Å²) in [6.45, 7) is 5.15. The molecule has 30 heavy (non-hydrogen) atoms. The van der Waals surface area contributed by atoms with Crippen LogP contribution in [0.3, 0.4) is 0 Å². The van der Waals surface area contributed by atoms with Gasteiger partial charge in [0.2, 0.25) is 0 Å². The Balaban J connectivity index is 1.70. The molecule has 1 atom stereocenters.